The number of rotatable bonds is 8. The summed E-state index contributed by atoms with van der Waals surface area (Å²) in [5.41, 5.74) is 0. The zero-order valence-corrected chi connectivity index (χ0v) is 10.00. The van der Waals surface area contributed by atoms with Gasteiger partial charge in [0, 0.05) is 13.6 Å². The second-order valence-corrected chi connectivity index (χ2v) is 3.74. The number of nitrogens with zero attached hydrogens (tertiary/aromatic N) is 1. The Balaban J connectivity index is 3.34. The fourth-order valence-electron chi connectivity index (χ4n) is 1.38. The molecule has 1 amide bonds. The largest absolute Gasteiger partial charge is 0.419 e. The van der Waals surface area contributed by atoms with Gasteiger partial charge < -0.3 is 9.64 Å². The number of carbonyl (C=O) groups is 1. The van der Waals surface area contributed by atoms with Crippen molar-refractivity contribution in [1.29, 1.82) is 0 Å². The van der Waals surface area contributed by atoms with Crippen LogP contribution in [0.1, 0.15) is 45.4 Å². The Labute approximate surface area is 93.1 Å². The van der Waals surface area contributed by atoms with E-state index in [1.165, 1.54) is 38.4 Å². The van der Waals surface area contributed by atoms with E-state index < -0.39 is 0 Å². The van der Waals surface area contributed by atoms with E-state index in [0.29, 0.717) is 0 Å². The van der Waals surface area contributed by atoms with Gasteiger partial charge in [0.2, 0.25) is 0 Å². The van der Waals surface area contributed by atoms with E-state index in [-0.39, 0.29) is 6.09 Å². The van der Waals surface area contributed by atoms with Gasteiger partial charge in [-0.25, -0.2) is 4.79 Å². The summed E-state index contributed by atoms with van der Waals surface area (Å²) in [5.74, 6) is 0. The molecule has 0 aromatic carbocycles. The van der Waals surface area contributed by atoms with E-state index in [1.54, 1.807) is 11.9 Å². The van der Waals surface area contributed by atoms with E-state index in [0.717, 1.165) is 13.0 Å². The molecular weight excluding hydrogens is 190 g/mol. The highest BCUT2D eigenvalue weighted by Crippen LogP contribution is 2.05. The van der Waals surface area contributed by atoms with E-state index in [9.17, 15) is 4.79 Å². The standard InChI is InChI=1S/C12H23NO2/c1-4-6-7-8-9-10-11-13(3)12(14)15-5-2/h5H,2,4,6-11H2,1,3H3. The highest BCUT2D eigenvalue weighted by atomic mass is 16.5. The summed E-state index contributed by atoms with van der Waals surface area (Å²) < 4.78 is 4.65. The topological polar surface area (TPSA) is 29.5 Å². The number of hydrogen-bond acceptors (Lipinski definition) is 2. The zero-order valence-electron chi connectivity index (χ0n) is 10.00. The van der Waals surface area contributed by atoms with Crippen LogP contribution in [0.15, 0.2) is 12.8 Å². The van der Waals surface area contributed by atoms with Gasteiger partial charge in [0.1, 0.15) is 0 Å². The summed E-state index contributed by atoms with van der Waals surface area (Å²) in [6, 6.07) is 0. The molecule has 0 radical (unpaired) electrons. The third-order valence-corrected chi connectivity index (χ3v) is 2.34. The first-order chi connectivity index (χ1) is 7.22. The van der Waals surface area contributed by atoms with Crippen molar-refractivity contribution in [1.82, 2.24) is 4.90 Å². The molecule has 3 heteroatoms. The predicted octanol–water partition coefficient (Wildman–Crippen LogP) is 3.56. The van der Waals surface area contributed by atoms with Gasteiger partial charge in [-0.1, -0.05) is 45.6 Å². The first-order valence-electron chi connectivity index (χ1n) is 5.75. The molecule has 0 aromatic heterocycles. The average Bonchev–Trinajstić information content (AvgIpc) is 2.23. The van der Waals surface area contributed by atoms with Crippen LogP contribution in [0.2, 0.25) is 0 Å². The Morgan fingerprint density at radius 2 is 1.87 bits per heavy atom. The molecule has 0 aliphatic carbocycles. The molecule has 0 aliphatic heterocycles. The Morgan fingerprint density at radius 3 is 2.47 bits per heavy atom. The molecular formula is C12H23NO2. The second-order valence-electron chi connectivity index (χ2n) is 3.74. The number of ether oxygens (including phenoxy) is 1. The fourth-order valence-corrected chi connectivity index (χ4v) is 1.38. The minimum absolute atomic E-state index is 0.321. The summed E-state index contributed by atoms with van der Waals surface area (Å²) in [5, 5.41) is 0. The molecule has 0 bridgehead atoms. The fraction of sp³-hybridized carbons (Fsp3) is 0.750. The molecule has 0 heterocycles. The minimum atomic E-state index is -0.321. The van der Waals surface area contributed by atoms with E-state index in [1.807, 2.05) is 0 Å². The number of amides is 1. The third-order valence-electron chi connectivity index (χ3n) is 2.34. The molecule has 0 aromatic rings. The lowest BCUT2D eigenvalue weighted by atomic mass is 10.1. The maximum atomic E-state index is 11.1. The Morgan fingerprint density at radius 1 is 1.27 bits per heavy atom. The number of hydrogen-bond donors (Lipinski definition) is 0. The van der Waals surface area contributed by atoms with Crippen LogP contribution in [0.25, 0.3) is 0 Å². The normalized spacial score (nSPS) is 9.73. The summed E-state index contributed by atoms with van der Waals surface area (Å²) in [4.78, 5) is 12.7. The van der Waals surface area contributed by atoms with Gasteiger partial charge in [0.15, 0.2) is 0 Å². The number of unbranched alkanes of at least 4 members (excludes halogenated alkanes) is 5. The van der Waals surface area contributed by atoms with Crippen molar-refractivity contribution in [2.24, 2.45) is 0 Å². The lowest BCUT2D eigenvalue weighted by molar-refractivity contribution is 0.147. The van der Waals surface area contributed by atoms with Gasteiger partial charge >= 0.3 is 6.09 Å². The lowest BCUT2D eigenvalue weighted by Crippen LogP contribution is -2.27. The van der Waals surface area contributed by atoms with E-state index in [4.69, 9.17) is 0 Å². The Kier molecular flexibility index (Phi) is 8.93. The monoisotopic (exact) mass is 213 g/mol. The molecule has 0 atom stereocenters. The quantitative estimate of drug-likeness (QED) is 0.456. The maximum absolute atomic E-state index is 11.1. The third kappa shape index (κ3) is 8.03. The summed E-state index contributed by atoms with van der Waals surface area (Å²) in [6.07, 6.45) is 8.23. The van der Waals surface area contributed by atoms with Crippen LogP contribution in [0.3, 0.4) is 0 Å². The van der Waals surface area contributed by atoms with Crippen LogP contribution in [0, 0.1) is 0 Å². The molecule has 0 rings (SSSR count). The summed E-state index contributed by atoms with van der Waals surface area (Å²) >= 11 is 0. The highest BCUT2D eigenvalue weighted by Gasteiger charge is 2.06. The van der Waals surface area contributed by atoms with Crippen molar-refractivity contribution in [3.05, 3.63) is 12.8 Å². The molecule has 0 N–H and O–H groups in total. The van der Waals surface area contributed by atoms with Crippen LogP contribution in [-0.4, -0.2) is 24.6 Å². The second kappa shape index (κ2) is 9.56. The number of carbonyl (C=O) groups excluding carboxylic acids is 1. The van der Waals surface area contributed by atoms with Gasteiger partial charge in [-0.3, -0.25) is 0 Å². The van der Waals surface area contributed by atoms with Crippen molar-refractivity contribution in [2.75, 3.05) is 13.6 Å². The van der Waals surface area contributed by atoms with Crippen molar-refractivity contribution in [3.8, 4) is 0 Å². The van der Waals surface area contributed by atoms with Crippen LogP contribution in [0.5, 0.6) is 0 Å². The summed E-state index contributed by atoms with van der Waals surface area (Å²) in [7, 11) is 1.75. The Bertz CT molecular complexity index is 180. The van der Waals surface area contributed by atoms with Gasteiger partial charge in [0.25, 0.3) is 0 Å². The van der Waals surface area contributed by atoms with Crippen molar-refractivity contribution < 1.29 is 9.53 Å². The average molecular weight is 213 g/mol. The van der Waals surface area contributed by atoms with Crippen molar-refractivity contribution >= 4 is 6.09 Å². The van der Waals surface area contributed by atoms with Crippen LogP contribution in [-0.2, 0) is 4.74 Å². The smallest absolute Gasteiger partial charge is 0.414 e. The van der Waals surface area contributed by atoms with Gasteiger partial charge in [0.05, 0.1) is 6.26 Å². The zero-order chi connectivity index (χ0) is 11.5. The first-order valence-corrected chi connectivity index (χ1v) is 5.75. The summed E-state index contributed by atoms with van der Waals surface area (Å²) in [6.45, 7) is 6.31. The SMILES string of the molecule is C=COC(=O)N(C)CCCCCCCC. The molecule has 88 valence electrons. The lowest BCUT2D eigenvalue weighted by Gasteiger charge is -2.14. The Hall–Kier alpha value is -0.990. The molecule has 0 saturated heterocycles. The van der Waals surface area contributed by atoms with Gasteiger partial charge in [-0.05, 0) is 6.42 Å². The maximum Gasteiger partial charge on any atom is 0.414 e. The van der Waals surface area contributed by atoms with E-state index in [2.05, 4.69) is 18.2 Å². The van der Waals surface area contributed by atoms with Crippen molar-refractivity contribution in [3.63, 3.8) is 0 Å². The van der Waals surface area contributed by atoms with Gasteiger partial charge in [-0.2, -0.15) is 0 Å². The molecule has 3 nitrogen and oxygen atoms in total. The molecule has 0 aliphatic rings. The van der Waals surface area contributed by atoms with Crippen molar-refractivity contribution in [2.45, 2.75) is 45.4 Å². The highest BCUT2D eigenvalue weighted by molar-refractivity contribution is 5.67. The van der Waals surface area contributed by atoms with Crippen LogP contribution in [0.4, 0.5) is 4.79 Å². The van der Waals surface area contributed by atoms with Crippen LogP contribution < -0.4 is 0 Å². The molecule has 0 spiro atoms. The minimum Gasteiger partial charge on any atom is -0.419 e. The van der Waals surface area contributed by atoms with Crippen LogP contribution >= 0.6 is 0 Å². The van der Waals surface area contributed by atoms with Gasteiger partial charge in [-0.15, -0.1) is 0 Å². The molecule has 0 unspecified atom stereocenters. The molecule has 0 saturated carbocycles. The predicted molar refractivity (Wildman–Crippen MR) is 62.7 cm³/mol. The first kappa shape index (κ1) is 14.0. The molecule has 0 fully saturated rings. The van der Waals surface area contributed by atoms with E-state index >= 15 is 0 Å². The molecule has 15 heavy (non-hydrogen) atoms.